The molecule has 4 rings (SSSR count). The lowest BCUT2D eigenvalue weighted by Crippen LogP contribution is -2.24. The maximum absolute atomic E-state index is 10.6. The fourth-order valence-corrected chi connectivity index (χ4v) is 3.44. The van der Waals surface area contributed by atoms with Gasteiger partial charge < -0.3 is 19.7 Å². The van der Waals surface area contributed by atoms with Crippen molar-refractivity contribution in [3.63, 3.8) is 0 Å². The number of para-hydroxylation sites is 2. The molecule has 0 amide bonds. The summed E-state index contributed by atoms with van der Waals surface area (Å²) in [7, 11) is 1.65. The second kappa shape index (κ2) is 7.10. The summed E-state index contributed by atoms with van der Waals surface area (Å²) < 4.78 is 7.43. The van der Waals surface area contributed by atoms with Crippen molar-refractivity contribution in [2.75, 3.05) is 19.0 Å². The van der Waals surface area contributed by atoms with Crippen molar-refractivity contribution in [2.45, 2.75) is 12.6 Å². The van der Waals surface area contributed by atoms with Crippen LogP contribution >= 0.6 is 0 Å². The number of methoxy groups -OCH3 is 1. The first kappa shape index (κ1) is 16.5. The van der Waals surface area contributed by atoms with E-state index in [1.54, 1.807) is 7.11 Å². The average molecular weight is 346 g/mol. The number of ether oxygens (including phenoxy) is 1. The Labute approximate surface area is 152 Å². The molecule has 132 valence electrons. The number of benzene rings is 3. The normalized spacial score (nSPS) is 12.4. The number of nitrogens with one attached hydrogen (secondary N) is 1. The molecule has 4 heteroatoms. The SMILES string of the molecule is COc1cccc(NC[C@@H](O)Cn2c3ccccc3c3ccccc32)c1. The van der Waals surface area contributed by atoms with Crippen molar-refractivity contribution < 1.29 is 9.84 Å². The van der Waals surface area contributed by atoms with E-state index in [1.165, 1.54) is 10.8 Å². The molecule has 26 heavy (non-hydrogen) atoms. The lowest BCUT2D eigenvalue weighted by Gasteiger charge is -2.16. The number of nitrogens with zero attached hydrogens (tertiary/aromatic N) is 1. The zero-order valence-electron chi connectivity index (χ0n) is 14.7. The summed E-state index contributed by atoms with van der Waals surface area (Å²) >= 11 is 0. The van der Waals surface area contributed by atoms with E-state index in [0.717, 1.165) is 22.5 Å². The van der Waals surface area contributed by atoms with Crippen molar-refractivity contribution in [1.82, 2.24) is 4.57 Å². The predicted octanol–water partition coefficient (Wildman–Crippen LogP) is 4.28. The molecule has 0 unspecified atom stereocenters. The van der Waals surface area contributed by atoms with Gasteiger partial charge in [-0.2, -0.15) is 0 Å². The third-order valence-corrected chi connectivity index (χ3v) is 4.68. The summed E-state index contributed by atoms with van der Waals surface area (Å²) in [5.74, 6) is 0.798. The Morgan fingerprint density at radius 1 is 0.923 bits per heavy atom. The van der Waals surface area contributed by atoms with Crippen LogP contribution in [0.15, 0.2) is 72.8 Å². The van der Waals surface area contributed by atoms with Gasteiger partial charge in [0.15, 0.2) is 0 Å². The van der Waals surface area contributed by atoms with Crippen molar-refractivity contribution in [2.24, 2.45) is 0 Å². The number of aromatic nitrogens is 1. The van der Waals surface area contributed by atoms with Gasteiger partial charge in [-0.15, -0.1) is 0 Å². The van der Waals surface area contributed by atoms with Crippen LogP contribution in [-0.2, 0) is 6.54 Å². The smallest absolute Gasteiger partial charge is 0.120 e. The molecule has 0 aliphatic carbocycles. The van der Waals surface area contributed by atoms with Crippen LogP contribution in [-0.4, -0.2) is 29.4 Å². The molecule has 0 spiro atoms. The first-order valence-corrected chi connectivity index (χ1v) is 8.78. The summed E-state index contributed by atoms with van der Waals surface area (Å²) in [5.41, 5.74) is 3.23. The molecular formula is C22H22N2O2. The fraction of sp³-hybridized carbons (Fsp3) is 0.182. The van der Waals surface area contributed by atoms with Gasteiger partial charge in [0.25, 0.3) is 0 Å². The third kappa shape index (κ3) is 3.11. The molecule has 0 radical (unpaired) electrons. The summed E-state index contributed by atoms with van der Waals surface area (Å²) in [4.78, 5) is 0. The van der Waals surface area contributed by atoms with Crippen molar-refractivity contribution >= 4 is 27.5 Å². The second-order valence-corrected chi connectivity index (χ2v) is 6.41. The number of anilines is 1. The van der Waals surface area contributed by atoms with Crippen molar-refractivity contribution in [3.05, 3.63) is 72.8 Å². The quantitative estimate of drug-likeness (QED) is 0.548. The Morgan fingerprint density at radius 2 is 1.58 bits per heavy atom. The van der Waals surface area contributed by atoms with E-state index in [1.807, 2.05) is 36.4 Å². The van der Waals surface area contributed by atoms with Gasteiger partial charge >= 0.3 is 0 Å². The van der Waals surface area contributed by atoms with E-state index in [-0.39, 0.29) is 0 Å². The van der Waals surface area contributed by atoms with Gasteiger partial charge in [-0.05, 0) is 24.3 Å². The highest BCUT2D eigenvalue weighted by Crippen LogP contribution is 2.28. The van der Waals surface area contributed by atoms with Crippen LogP contribution in [0.2, 0.25) is 0 Å². The molecule has 2 N–H and O–H groups in total. The molecular weight excluding hydrogens is 324 g/mol. The predicted molar refractivity (Wildman–Crippen MR) is 107 cm³/mol. The van der Waals surface area contributed by atoms with Crippen LogP contribution in [0.1, 0.15) is 0 Å². The van der Waals surface area contributed by atoms with Crippen molar-refractivity contribution in [1.29, 1.82) is 0 Å². The Balaban J connectivity index is 1.56. The number of hydrogen-bond acceptors (Lipinski definition) is 3. The molecule has 4 nitrogen and oxygen atoms in total. The van der Waals surface area contributed by atoms with E-state index < -0.39 is 6.10 Å². The van der Waals surface area contributed by atoms with Crippen LogP contribution in [0, 0.1) is 0 Å². The van der Waals surface area contributed by atoms with Gasteiger partial charge in [0.05, 0.1) is 19.8 Å². The number of aliphatic hydroxyl groups is 1. The van der Waals surface area contributed by atoms with Crippen molar-refractivity contribution in [3.8, 4) is 5.75 Å². The maximum Gasteiger partial charge on any atom is 0.120 e. The third-order valence-electron chi connectivity index (χ3n) is 4.68. The van der Waals surface area contributed by atoms with Gasteiger partial charge in [-0.1, -0.05) is 42.5 Å². The minimum absolute atomic E-state index is 0.466. The molecule has 0 bridgehead atoms. The lowest BCUT2D eigenvalue weighted by molar-refractivity contribution is 0.169. The Kier molecular flexibility index (Phi) is 4.50. The largest absolute Gasteiger partial charge is 0.497 e. The standard InChI is InChI=1S/C22H22N2O2/c1-26-18-8-6-7-16(13-18)23-14-17(25)15-24-21-11-4-2-9-19(21)20-10-3-5-12-22(20)24/h2-13,17,23,25H,14-15H2,1H3/t17-/m1/s1. The maximum atomic E-state index is 10.6. The average Bonchev–Trinajstić information content (AvgIpc) is 3.01. The minimum Gasteiger partial charge on any atom is -0.497 e. The summed E-state index contributed by atoms with van der Waals surface area (Å²) in [6.45, 7) is 0.999. The highest BCUT2D eigenvalue weighted by Gasteiger charge is 2.13. The first-order chi connectivity index (χ1) is 12.8. The monoisotopic (exact) mass is 346 g/mol. The minimum atomic E-state index is -0.514. The van der Waals surface area contributed by atoms with Crippen LogP contribution in [0.5, 0.6) is 5.75 Å². The van der Waals surface area contributed by atoms with Crippen LogP contribution < -0.4 is 10.1 Å². The van der Waals surface area contributed by atoms with E-state index in [4.69, 9.17) is 4.74 Å². The number of hydrogen-bond donors (Lipinski definition) is 2. The zero-order chi connectivity index (χ0) is 17.9. The molecule has 1 aromatic heterocycles. The van der Waals surface area contributed by atoms with E-state index in [9.17, 15) is 5.11 Å². The van der Waals surface area contributed by atoms with Gasteiger partial charge in [-0.3, -0.25) is 0 Å². The summed E-state index contributed by atoms with van der Waals surface area (Å²) in [5, 5.41) is 16.3. The Hall–Kier alpha value is -2.98. The number of fused-ring (bicyclic) bond motifs is 3. The summed E-state index contributed by atoms with van der Waals surface area (Å²) in [6.07, 6.45) is -0.514. The van der Waals surface area contributed by atoms with Gasteiger partial charge in [-0.25, -0.2) is 0 Å². The molecule has 0 fully saturated rings. The highest BCUT2D eigenvalue weighted by atomic mass is 16.5. The molecule has 0 saturated carbocycles. The molecule has 0 saturated heterocycles. The Bertz CT molecular complexity index is 985. The molecule has 1 heterocycles. The number of aliphatic hydroxyl groups excluding tert-OH is 1. The van der Waals surface area contributed by atoms with Crippen LogP contribution in [0.3, 0.4) is 0 Å². The van der Waals surface area contributed by atoms with Gasteiger partial charge in [0.2, 0.25) is 0 Å². The Morgan fingerprint density at radius 3 is 2.23 bits per heavy atom. The molecule has 4 aromatic rings. The second-order valence-electron chi connectivity index (χ2n) is 6.41. The van der Waals surface area contributed by atoms with E-state index in [2.05, 4.69) is 46.3 Å². The zero-order valence-corrected chi connectivity index (χ0v) is 14.7. The van der Waals surface area contributed by atoms with E-state index >= 15 is 0 Å². The molecule has 3 aromatic carbocycles. The fourth-order valence-electron chi connectivity index (χ4n) is 3.44. The summed E-state index contributed by atoms with van der Waals surface area (Å²) in [6, 6.07) is 24.4. The molecule has 0 aliphatic rings. The van der Waals surface area contributed by atoms with Crippen LogP contribution in [0.25, 0.3) is 21.8 Å². The lowest BCUT2D eigenvalue weighted by atomic mass is 10.2. The topological polar surface area (TPSA) is 46.4 Å². The van der Waals surface area contributed by atoms with Crippen LogP contribution in [0.4, 0.5) is 5.69 Å². The van der Waals surface area contributed by atoms with Gasteiger partial charge in [0.1, 0.15) is 5.75 Å². The number of rotatable bonds is 6. The molecule has 0 aliphatic heterocycles. The first-order valence-electron chi connectivity index (χ1n) is 8.78. The highest BCUT2D eigenvalue weighted by molar-refractivity contribution is 6.07. The van der Waals surface area contributed by atoms with Gasteiger partial charge in [0, 0.05) is 40.1 Å². The molecule has 1 atom stereocenters. The van der Waals surface area contributed by atoms with E-state index in [0.29, 0.717) is 13.1 Å².